The molecule has 2 aliphatic rings. The number of likely N-dealkylation sites (tertiary alicyclic amines) is 1. The Morgan fingerprint density at radius 2 is 1.56 bits per heavy atom. The molecule has 2 amide bonds. The highest BCUT2D eigenvalue weighted by Crippen LogP contribution is 2.39. The van der Waals surface area contributed by atoms with Gasteiger partial charge in [0, 0.05) is 57.0 Å². The van der Waals surface area contributed by atoms with E-state index in [1.165, 1.54) is 0 Å². The number of H-pyrrole nitrogens is 1. The smallest absolute Gasteiger partial charge is 0.326 e. The van der Waals surface area contributed by atoms with Gasteiger partial charge >= 0.3 is 5.69 Å². The topological polar surface area (TPSA) is 158 Å². The van der Waals surface area contributed by atoms with Crippen LogP contribution in [0.1, 0.15) is 79.2 Å². The third kappa shape index (κ3) is 8.98. The fourth-order valence-electron chi connectivity index (χ4n) is 7.57. The van der Waals surface area contributed by atoms with E-state index in [9.17, 15) is 19.5 Å². The molecule has 0 radical (unpaired) electrons. The number of aliphatic hydroxyl groups excluding tert-OH is 1. The van der Waals surface area contributed by atoms with E-state index >= 15 is 0 Å². The predicted octanol–water partition coefficient (Wildman–Crippen LogP) is 5.66. The Bertz CT molecular complexity index is 2090. The van der Waals surface area contributed by atoms with Crippen molar-refractivity contribution in [1.29, 1.82) is 0 Å². The Morgan fingerprint density at radius 1 is 0.815 bits per heavy atom. The average Bonchev–Trinajstić information content (AvgIpc) is 3.56. The van der Waals surface area contributed by atoms with E-state index in [0.29, 0.717) is 19.4 Å². The molecule has 7 rings (SSSR count). The molecule has 282 valence electrons. The number of imidazole rings is 1. The number of fused-ring (bicyclic) bond motifs is 1. The first-order valence-electron chi connectivity index (χ1n) is 18.7. The second-order valence-electron chi connectivity index (χ2n) is 14.2. The molecular formula is C42H47N5O7. The highest BCUT2D eigenvalue weighted by molar-refractivity contribution is 5.78. The van der Waals surface area contributed by atoms with Crippen LogP contribution in [0.15, 0.2) is 102 Å². The standard InChI is InChI=1S/C42H47N5O7/c48-27-28-11-13-31(14-12-28)38-24-35(26-46-21-19-34(20-22-46)47-37-8-2-1-7-36(37)44-42(47)51)53-41(54-38)32-17-15-30(16-18-32)33-6-3-5-29(23-33)25-43-39(49)9-4-10-40(50)45-52/h1-3,5-8,11-18,23,34-35,38,41,48,52H,4,9-10,19-22,24-27H2,(H,43,49)(H,44,51)(H,45,50)/t35-,38+,41+/m0/s1. The second-order valence-corrected chi connectivity index (χ2v) is 14.2. The molecule has 0 unspecified atom stereocenters. The first-order chi connectivity index (χ1) is 26.4. The number of benzene rings is 4. The lowest BCUT2D eigenvalue weighted by molar-refractivity contribution is -0.253. The van der Waals surface area contributed by atoms with Crippen LogP contribution >= 0.6 is 0 Å². The first kappa shape index (κ1) is 37.2. The van der Waals surface area contributed by atoms with Gasteiger partial charge in [0.2, 0.25) is 11.8 Å². The number of carbonyl (C=O) groups excluding carboxylic acids is 2. The highest BCUT2D eigenvalue weighted by Gasteiger charge is 2.34. The lowest BCUT2D eigenvalue weighted by Crippen LogP contribution is -2.43. The number of aromatic amines is 1. The number of aliphatic hydroxyl groups is 1. The summed E-state index contributed by atoms with van der Waals surface area (Å²) in [4.78, 5) is 41.7. The first-order valence-corrected chi connectivity index (χ1v) is 18.7. The second kappa shape index (κ2) is 17.4. The zero-order valence-corrected chi connectivity index (χ0v) is 30.2. The van der Waals surface area contributed by atoms with Crippen LogP contribution in [-0.2, 0) is 32.2 Å². The maximum absolute atomic E-state index is 12.9. The van der Waals surface area contributed by atoms with E-state index in [1.54, 1.807) is 5.48 Å². The number of hydroxylamine groups is 1. The summed E-state index contributed by atoms with van der Waals surface area (Å²) < 4.78 is 15.2. The van der Waals surface area contributed by atoms with E-state index in [2.05, 4.69) is 27.3 Å². The maximum Gasteiger partial charge on any atom is 0.326 e. The van der Waals surface area contributed by atoms with Crippen molar-refractivity contribution in [3.63, 3.8) is 0 Å². The molecule has 3 atom stereocenters. The van der Waals surface area contributed by atoms with Gasteiger partial charge in [0.05, 0.1) is 29.8 Å². The molecule has 2 saturated heterocycles. The summed E-state index contributed by atoms with van der Waals surface area (Å²) in [7, 11) is 0. The summed E-state index contributed by atoms with van der Waals surface area (Å²) >= 11 is 0. The molecule has 2 aliphatic heterocycles. The average molecular weight is 734 g/mol. The third-order valence-corrected chi connectivity index (χ3v) is 10.5. The van der Waals surface area contributed by atoms with Crippen molar-refractivity contribution in [2.75, 3.05) is 19.6 Å². The molecule has 2 fully saturated rings. The molecule has 12 nitrogen and oxygen atoms in total. The Hall–Kier alpha value is -5.11. The van der Waals surface area contributed by atoms with Gasteiger partial charge in [-0.05, 0) is 65.3 Å². The van der Waals surface area contributed by atoms with E-state index < -0.39 is 12.2 Å². The number of hydrogen-bond donors (Lipinski definition) is 5. The maximum atomic E-state index is 12.9. The van der Waals surface area contributed by atoms with Crippen molar-refractivity contribution < 1.29 is 29.4 Å². The monoisotopic (exact) mass is 733 g/mol. The number of ether oxygens (including phenoxy) is 2. The molecule has 4 aromatic carbocycles. The Kier molecular flexibility index (Phi) is 12.0. The van der Waals surface area contributed by atoms with Crippen molar-refractivity contribution in [3.8, 4) is 11.1 Å². The van der Waals surface area contributed by atoms with Crippen molar-refractivity contribution in [2.45, 2.75) is 76.2 Å². The van der Waals surface area contributed by atoms with Gasteiger partial charge in [-0.25, -0.2) is 10.3 Å². The molecule has 0 spiro atoms. The van der Waals surface area contributed by atoms with Crippen molar-refractivity contribution in [3.05, 3.63) is 130 Å². The summed E-state index contributed by atoms with van der Waals surface area (Å²) in [6, 6.07) is 32.1. The van der Waals surface area contributed by atoms with E-state index in [4.69, 9.17) is 14.7 Å². The molecule has 0 saturated carbocycles. The lowest BCUT2D eigenvalue weighted by Gasteiger charge is -2.40. The molecule has 0 aliphatic carbocycles. The Labute approximate surface area is 313 Å². The minimum atomic E-state index is -0.576. The SMILES string of the molecule is O=C(CCCC(=O)NCc1cccc(-c2ccc([C@@H]3O[C@H](CN4CCC(n5c(=O)[nH]c6ccccc65)CC4)C[C@H](c4ccc(CO)cc4)O3)cc2)c1)NO. The number of carbonyl (C=O) groups is 2. The number of amides is 2. The minimum absolute atomic E-state index is 0.0158. The number of nitrogens with one attached hydrogen (secondary N) is 3. The fraction of sp³-hybridized carbons (Fsp3) is 0.357. The highest BCUT2D eigenvalue weighted by atomic mass is 16.7. The van der Waals surface area contributed by atoms with Crippen LogP contribution in [0.5, 0.6) is 0 Å². The zero-order valence-electron chi connectivity index (χ0n) is 30.2. The van der Waals surface area contributed by atoms with Gasteiger partial charge in [-0.3, -0.25) is 19.4 Å². The van der Waals surface area contributed by atoms with Crippen LogP contribution in [-0.4, -0.2) is 62.3 Å². The molecule has 1 aromatic heterocycles. The van der Waals surface area contributed by atoms with Crippen LogP contribution in [0.3, 0.4) is 0 Å². The molecular weight excluding hydrogens is 686 g/mol. The number of nitrogens with zero attached hydrogens (tertiary/aromatic N) is 2. The minimum Gasteiger partial charge on any atom is -0.392 e. The van der Waals surface area contributed by atoms with Gasteiger partial charge in [0.15, 0.2) is 6.29 Å². The van der Waals surface area contributed by atoms with E-state index in [-0.39, 0.29) is 49.3 Å². The zero-order chi connectivity index (χ0) is 37.4. The normalized spacial score (nSPS) is 19.5. The quantitative estimate of drug-likeness (QED) is 0.0766. The lowest BCUT2D eigenvalue weighted by atomic mass is 9.98. The Morgan fingerprint density at radius 3 is 2.31 bits per heavy atom. The van der Waals surface area contributed by atoms with Crippen LogP contribution in [0.2, 0.25) is 0 Å². The fourth-order valence-corrected chi connectivity index (χ4v) is 7.57. The van der Waals surface area contributed by atoms with Crippen LogP contribution in [0.4, 0.5) is 0 Å². The Balaban J connectivity index is 1.01. The summed E-state index contributed by atoms with van der Waals surface area (Å²) in [5.41, 5.74) is 9.13. The molecule has 5 aromatic rings. The summed E-state index contributed by atoms with van der Waals surface area (Å²) in [6.07, 6.45) is 2.22. The largest absolute Gasteiger partial charge is 0.392 e. The summed E-state index contributed by atoms with van der Waals surface area (Å²) in [5.74, 6) is -0.665. The van der Waals surface area contributed by atoms with Crippen LogP contribution < -0.4 is 16.5 Å². The molecule has 54 heavy (non-hydrogen) atoms. The number of piperidine rings is 1. The third-order valence-electron chi connectivity index (χ3n) is 10.5. The van der Waals surface area contributed by atoms with Crippen LogP contribution in [0.25, 0.3) is 22.2 Å². The van der Waals surface area contributed by atoms with E-state index in [0.717, 1.165) is 76.9 Å². The van der Waals surface area contributed by atoms with E-state index in [1.807, 2.05) is 89.5 Å². The number of rotatable bonds is 13. The van der Waals surface area contributed by atoms with Gasteiger partial charge in [0.1, 0.15) is 0 Å². The van der Waals surface area contributed by atoms with Crippen molar-refractivity contribution in [2.24, 2.45) is 0 Å². The number of aromatic nitrogens is 2. The van der Waals surface area contributed by atoms with Crippen molar-refractivity contribution >= 4 is 22.8 Å². The van der Waals surface area contributed by atoms with Gasteiger partial charge in [-0.2, -0.15) is 0 Å². The number of para-hydroxylation sites is 2. The predicted molar refractivity (Wildman–Crippen MR) is 203 cm³/mol. The van der Waals surface area contributed by atoms with Gasteiger partial charge in [-0.15, -0.1) is 0 Å². The van der Waals surface area contributed by atoms with Crippen LogP contribution in [0, 0.1) is 0 Å². The molecule has 0 bridgehead atoms. The molecule has 5 N–H and O–H groups in total. The molecule has 3 heterocycles. The van der Waals surface area contributed by atoms with Gasteiger partial charge in [0.25, 0.3) is 0 Å². The van der Waals surface area contributed by atoms with Gasteiger partial charge < -0.3 is 29.8 Å². The summed E-state index contributed by atoms with van der Waals surface area (Å²) in [5, 5.41) is 21.1. The molecule has 12 heteroatoms. The van der Waals surface area contributed by atoms with Crippen molar-refractivity contribution in [1.82, 2.24) is 25.2 Å². The summed E-state index contributed by atoms with van der Waals surface area (Å²) in [6.45, 7) is 2.82. The number of hydrogen-bond acceptors (Lipinski definition) is 8. The van der Waals surface area contributed by atoms with Gasteiger partial charge in [-0.1, -0.05) is 78.9 Å².